The van der Waals surface area contributed by atoms with Crippen LogP contribution in [0, 0.1) is 5.92 Å². The Morgan fingerprint density at radius 1 is 1.32 bits per heavy atom. The zero-order valence-corrected chi connectivity index (χ0v) is 11.6. The predicted octanol–water partition coefficient (Wildman–Crippen LogP) is 0.676. The quantitative estimate of drug-likeness (QED) is 0.558. The Hall–Kier alpha value is -1.15. The van der Waals surface area contributed by atoms with Crippen molar-refractivity contribution in [1.82, 2.24) is 4.72 Å². The van der Waals surface area contributed by atoms with E-state index >= 15 is 0 Å². The average Bonchev–Trinajstić information content (AvgIpc) is 2.41. The van der Waals surface area contributed by atoms with Crippen molar-refractivity contribution in [3.05, 3.63) is 24.3 Å². The molecule has 1 saturated heterocycles. The van der Waals surface area contributed by atoms with Crippen LogP contribution >= 0.6 is 0 Å². The summed E-state index contributed by atoms with van der Waals surface area (Å²) < 4.78 is 32.5. The van der Waals surface area contributed by atoms with Gasteiger partial charge in [0.25, 0.3) is 0 Å². The maximum atomic E-state index is 12.2. The molecule has 1 heterocycles. The first kappa shape index (κ1) is 14.3. The predicted molar refractivity (Wildman–Crippen MR) is 73.0 cm³/mol. The van der Waals surface area contributed by atoms with Crippen LogP contribution in [0.4, 0.5) is 5.69 Å². The molecule has 2 unspecified atom stereocenters. The number of sulfonamides is 1. The fourth-order valence-electron chi connectivity index (χ4n) is 2.05. The first-order chi connectivity index (χ1) is 9.03. The van der Waals surface area contributed by atoms with Gasteiger partial charge in [-0.15, -0.1) is 0 Å². The number of hydrazine groups is 1. The highest BCUT2D eigenvalue weighted by Gasteiger charge is 2.27. The van der Waals surface area contributed by atoms with Gasteiger partial charge >= 0.3 is 0 Å². The van der Waals surface area contributed by atoms with Crippen LogP contribution in [0.1, 0.15) is 13.3 Å². The van der Waals surface area contributed by atoms with Crippen molar-refractivity contribution in [3.63, 3.8) is 0 Å². The van der Waals surface area contributed by atoms with Crippen molar-refractivity contribution in [1.29, 1.82) is 0 Å². The van der Waals surface area contributed by atoms with E-state index < -0.39 is 10.0 Å². The molecule has 2 rings (SSSR count). The number of hydrogen-bond donors (Lipinski definition) is 3. The number of hydrogen-bond acceptors (Lipinski definition) is 5. The molecule has 0 aromatic heterocycles. The molecule has 19 heavy (non-hydrogen) atoms. The minimum absolute atomic E-state index is 0.0777. The van der Waals surface area contributed by atoms with Gasteiger partial charge in [0.05, 0.1) is 11.5 Å². The molecule has 1 aliphatic heterocycles. The Labute approximate surface area is 113 Å². The van der Waals surface area contributed by atoms with E-state index in [4.69, 9.17) is 10.6 Å². The van der Waals surface area contributed by atoms with Gasteiger partial charge in [-0.1, -0.05) is 6.92 Å². The van der Waals surface area contributed by atoms with E-state index in [1.165, 1.54) is 12.1 Å². The fraction of sp³-hybridized carbons (Fsp3) is 0.500. The Morgan fingerprint density at radius 2 is 2.00 bits per heavy atom. The molecule has 0 spiro atoms. The van der Waals surface area contributed by atoms with Gasteiger partial charge in [0.2, 0.25) is 10.0 Å². The molecule has 7 heteroatoms. The number of ether oxygens (including phenoxy) is 1. The first-order valence-electron chi connectivity index (χ1n) is 6.19. The average molecular weight is 285 g/mol. The standard InChI is InChI=1S/C12H19N3O3S/c1-9-8-18-7-6-12(9)15-19(16,17)11-4-2-10(14-13)3-5-11/h2-5,9,12,14-15H,6-8,13H2,1H3. The fourth-order valence-corrected chi connectivity index (χ4v) is 3.43. The van der Waals surface area contributed by atoms with E-state index in [2.05, 4.69) is 10.1 Å². The lowest BCUT2D eigenvalue weighted by Gasteiger charge is -2.29. The minimum atomic E-state index is -3.49. The van der Waals surface area contributed by atoms with Crippen LogP contribution in [0.3, 0.4) is 0 Å². The van der Waals surface area contributed by atoms with Gasteiger partial charge in [-0.05, 0) is 36.6 Å². The van der Waals surface area contributed by atoms with E-state index in [-0.39, 0.29) is 16.9 Å². The van der Waals surface area contributed by atoms with Gasteiger partial charge in [-0.3, -0.25) is 5.84 Å². The summed E-state index contributed by atoms with van der Waals surface area (Å²) in [5.74, 6) is 5.42. The molecular weight excluding hydrogens is 266 g/mol. The maximum absolute atomic E-state index is 12.2. The van der Waals surface area contributed by atoms with Crippen LogP contribution in [0.5, 0.6) is 0 Å². The SMILES string of the molecule is CC1COCCC1NS(=O)(=O)c1ccc(NN)cc1. The van der Waals surface area contributed by atoms with Crippen LogP contribution in [0.2, 0.25) is 0 Å². The van der Waals surface area contributed by atoms with Crippen molar-refractivity contribution in [2.45, 2.75) is 24.3 Å². The van der Waals surface area contributed by atoms with Gasteiger partial charge in [0, 0.05) is 18.3 Å². The number of nitrogens with two attached hydrogens (primary N) is 1. The maximum Gasteiger partial charge on any atom is 0.240 e. The second kappa shape index (κ2) is 5.87. The molecule has 1 aliphatic rings. The highest BCUT2D eigenvalue weighted by molar-refractivity contribution is 7.89. The van der Waals surface area contributed by atoms with E-state index in [1.54, 1.807) is 12.1 Å². The molecule has 0 amide bonds. The Morgan fingerprint density at radius 3 is 2.58 bits per heavy atom. The van der Waals surface area contributed by atoms with Crippen LogP contribution in [-0.2, 0) is 14.8 Å². The van der Waals surface area contributed by atoms with Crippen LogP contribution in [0.25, 0.3) is 0 Å². The van der Waals surface area contributed by atoms with E-state index in [0.29, 0.717) is 25.3 Å². The van der Waals surface area contributed by atoms with Gasteiger partial charge in [0.15, 0.2) is 0 Å². The summed E-state index contributed by atoms with van der Waals surface area (Å²) in [6.07, 6.45) is 0.697. The van der Waals surface area contributed by atoms with Crippen LogP contribution < -0.4 is 16.0 Å². The van der Waals surface area contributed by atoms with Crippen molar-refractivity contribution in [2.75, 3.05) is 18.6 Å². The third kappa shape index (κ3) is 3.44. The van der Waals surface area contributed by atoms with Crippen LogP contribution in [-0.4, -0.2) is 27.7 Å². The van der Waals surface area contributed by atoms with Gasteiger partial charge < -0.3 is 10.2 Å². The highest BCUT2D eigenvalue weighted by Crippen LogP contribution is 2.18. The molecule has 1 fully saturated rings. The number of rotatable bonds is 4. The zero-order chi connectivity index (χ0) is 13.9. The zero-order valence-electron chi connectivity index (χ0n) is 10.8. The second-order valence-corrected chi connectivity index (χ2v) is 6.45. The van der Waals surface area contributed by atoms with E-state index in [9.17, 15) is 8.42 Å². The summed E-state index contributed by atoms with van der Waals surface area (Å²) in [5.41, 5.74) is 3.13. The molecule has 1 aromatic rings. The number of nitrogen functional groups attached to an aromatic ring is 1. The minimum Gasteiger partial charge on any atom is -0.381 e. The molecular formula is C12H19N3O3S. The van der Waals surface area contributed by atoms with Crippen molar-refractivity contribution in [2.24, 2.45) is 11.8 Å². The highest BCUT2D eigenvalue weighted by atomic mass is 32.2. The summed E-state index contributed by atoms with van der Waals surface area (Å²) >= 11 is 0. The first-order valence-corrected chi connectivity index (χ1v) is 7.68. The lowest BCUT2D eigenvalue weighted by molar-refractivity contribution is 0.0450. The molecule has 0 saturated carbocycles. The smallest absolute Gasteiger partial charge is 0.240 e. The monoisotopic (exact) mass is 285 g/mol. The summed E-state index contributed by atoms with van der Waals surface area (Å²) in [5, 5.41) is 0. The molecule has 0 aliphatic carbocycles. The summed E-state index contributed by atoms with van der Waals surface area (Å²) in [6, 6.07) is 6.23. The van der Waals surface area contributed by atoms with Crippen molar-refractivity contribution >= 4 is 15.7 Å². The normalized spacial score (nSPS) is 24.1. The second-order valence-electron chi connectivity index (χ2n) is 4.74. The van der Waals surface area contributed by atoms with E-state index in [1.807, 2.05) is 6.92 Å². The van der Waals surface area contributed by atoms with Gasteiger partial charge in [-0.2, -0.15) is 0 Å². The molecule has 0 bridgehead atoms. The molecule has 6 nitrogen and oxygen atoms in total. The van der Waals surface area contributed by atoms with E-state index in [0.717, 1.165) is 0 Å². The molecule has 4 N–H and O–H groups in total. The summed E-state index contributed by atoms with van der Waals surface area (Å²) in [4.78, 5) is 0.241. The third-order valence-electron chi connectivity index (χ3n) is 3.28. The molecule has 0 radical (unpaired) electrons. The third-order valence-corrected chi connectivity index (χ3v) is 4.78. The number of anilines is 1. The molecule has 2 atom stereocenters. The van der Waals surface area contributed by atoms with Crippen molar-refractivity contribution < 1.29 is 13.2 Å². The lowest BCUT2D eigenvalue weighted by Crippen LogP contribution is -2.44. The Bertz CT molecular complexity index is 516. The summed E-state index contributed by atoms with van der Waals surface area (Å²) in [7, 11) is -3.49. The van der Waals surface area contributed by atoms with Gasteiger partial charge in [-0.25, -0.2) is 13.1 Å². The molecule has 106 valence electrons. The topological polar surface area (TPSA) is 93.4 Å². The Kier molecular flexibility index (Phi) is 4.41. The largest absolute Gasteiger partial charge is 0.381 e. The van der Waals surface area contributed by atoms with Gasteiger partial charge in [0.1, 0.15) is 0 Å². The van der Waals surface area contributed by atoms with Crippen LogP contribution in [0.15, 0.2) is 29.2 Å². The summed E-state index contributed by atoms with van der Waals surface area (Å²) in [6.45, 7) is 3.16. The Balaban J connectivity index is 2.12. The molecule has 1 aromatic carbocycles. The number of nitrogens with one attached hydrogen (secondary N) is 2. The lowest BCUT2D eigenvalue weighted by atomic mass is 9.99. The number of benzene rings is 1. The van der Waals surface area contributed by atoms with Crippen molar-refractivity contribution in [3.8, 4) is 0 Å².